The Hall–Kier alpha value is -4.09. The Morgan fingerprint density at radius 2 is 1.27 bits per heavy atom. The normalized spacial score (nSPS) is 11.0. The van der Waals surface area contributed by atoms with Gasteiger partial charge in [0.2, 0.25) is 0 Å². The van der Waals surface area contributed by atoms with Gasteiger partial charge in [-0.05, 0) is 24.3 Å². The van der Waals surface area contributed by atoms with Crippen molar-refractivity contribution >= 4 is 33.4 Å². The predicted molar refractivity (Wildman–Crippen MR) is 100 cm³/mol. The van der Waals surface area contributed by atoms with Gasteiger partial charge in [0.05, 0.1) is 22.1 Å². The van der Waals surface area contributed by atoms with Crippen LogP contribution in [0.25, 0.3) is 33.4 Å². The molecule has 0 atom stereocenters. The van der Waals surface area contributed by atoms with E-state index in [-0.39, 0.29) is 0 Å². The van der Waals surface area contributed by atoms with Crippen molar-refractivity contribution in [2.75, 3.05) is 0 Å². The van der Waals surface area contributed by atoms with E-state index in [0.29, 0.717) is 22.7 Å². The third-order valence-electron chi connectivity index (χ3n) is 4.45. The van der Waals surface area contributed by atoms with E-state index in [1.54, 1.807) is 6.07 Å². The van der Waals surface area contributed by atoms with Gasteiger partial charge in [-0.15, -0.1) is 6.42 Å². The summed E-state index contributed by atoms with van der Waals surface area (Å²) in [6.07, 6.45) is 5.82. The van der Waals surface area contributed by atoms with Crippen molar-refractivity contribution in [3.8, 4) is 18.4 Å². The lowest BCUT2D eigenvalue weighted by molar-refractivity contribution is 1.14. The first kappa shape index (κ1) is 14.3. The molecule has 0 N–H and O–H groups in total. The first-order chi connectivity index (χ1) is 12.8. The summed E-state index contributed by atoms with van der Waals surface area (Å²) in [6, 6.07) is 21.3. The van der Waals surface area contributed by atoms with Crippen LogP contribution in [0.5, 0.6) is 0 Å². The lowest BCUT2D eigenvalue weighted by atomic mass is 10.3. The predicted octanol–water partition coefficient (Wildman–Crippen LogP) is 3.70. The van der Waals surface area contributed by atoms with Crippen molar-refractivity contribution in [2.45, 2.75) is 0 Å². The van der Waals surface area contributed by atoms with Crippen LogP contribution in [0, 0.1) is 23.7 Å². The number of terminal acetylenes is 1. The molecule has 26 heavy (non-hydrogen) atoms. The molecule has 0 spiro atoms. The first-order valence-electron chi connectivity index (χ1n) is 8.06. The molecule has 120 valence electrons. The van der Waals surface area contributed by atoms with Crippen LogP contribution in [-0.4, -0.2) is 18.8 Å². The van der Waals surface area contributed by atoms with Crippen LogP contribution in [0.3, 0.4) is 0 Å². The summed E-state index contributed by atoms with van der Waals surface area (Å²) in [7, 11) is 0. The van der Waals surface area contributed by atoms with Crippen molar-refractivity contribution in [1.82, 2.24) is 18.8 Å². The van der Waals surface area contributed by atoms with Crippen LogP contribution in [0.4, 0.5) is 0 Å². The number of nitrogens with zero attached hydrogens (tertiary/aromatic N) is 5. The number of fused-ring (bicyclic) bond motifs is 6. The van der Waals surface area contributed by atoms with E-state index in [1.165, 1.54) is 0 Å². The molecule has 5 rings (SSSR count). The van der Waals surface area contributed by atoms with Crippen LogP contribution in [0.15, 0.2) is 60.7 Å². The van der Waals surface area contributed by atoms with E-state index in [4.69, 9.17) is 6.42 Å². The molecule has 0 radical (unpaired) electrons. The Bertz CT molecular complexity index is 1340. The second kappa shape index (κ2) is 5.20. The third-order valence-corrected chi connectivity index (χ3v) is 4.45. The number of nitriles is 1. The van der Waals surface area contributed by atoms with Crippen molar-refractivity contribution in [2.24, 2.45) is 0 Å². The van der Waals surface area contributed by atoms with E-state index < -0.39 is 0 Å². The minimum atomic E-state index is 0.442. The summed E-state index contributed by atoms with van der Waals surface area (Å²) in [5.74, 6) is 2.74. The fraction of sp³-hybridized carbons (Fsp3) is 0. The second-order valence-corrected chi connectivity index (χ2v) is 5.90. The Balaban J connectivity index is 2.13. The van der Waals surface area contributed by atoms with E-state index in [1.807, 2.05) is 63.4 Å². The van der Waals surface area contributed by atoms with Gasteiger partial charge in [0.25, 0.3) is 0 Å². The van der Waals surface area contributed by atoms with Crippen LogP contribution in [0.2, 0.25) is 0 Å². The summed E-state index contributed by atoms with van der Waals surface area (Å²) in [5.41, 5.74) is 5.68. The fourth-order valence-corrected chi connectivity index (χ4v) is 3.35. The number of hydrogen-bond donors (Lipinski definition) is 0. The summed E-state index contributed by atoms with van der Waals surface area (Å²) < 4.78 is 3.70. The highest BCUT2D eigenvalue weighted by Gasteiger charge is 2.11. The molecule has 0 aliphatic carbocycles. The van der Waals surface area contributed by atoms with Crippen molar-refractivity contribution in [3.63, 3.8) is 0 Å². The van der Waals surface area contributed by atoms with Crippen molar-refractivity contribution in [3.05, 3.63) is 72.1 Å². The molecular formula is C21H11N5. The highest BCUT2D eigenvalue weighted by molar-refractivity contribution is 5.84. The monoisotopic (exact) mass is 333 g/mol. The molecule has 0 unspecified atom stereocenters. The molecule has 2 aromatic carbocycles. The lowest BCUT2D eigenvalue weighted by Gasteiger charge is -2.01. The lowest BCUT2D eigenvalue weighted by Crippen LogP contribution is -1.96. The number of aromatic nitrogens is 4. The highest BCUT2D eigenvalue weighted by Crippen LogP contribution is 2.22. The smallest absolute Gasteiger partial charge is 0.141 e. The van der Waals surface area contributed by atoms with Gasteiger partial charge < -0.3 is 0 Å². The molecule has 0 bridgehead atoms. The van der Waals surface area contributed by atoms with E-state index in [9.17, 15) is 5.26 Å². The average molecular weight is 333 g/mol. The quantitative estimate of drug-likeness (QED) is 0.406. The zero-order valence-electron chi connectivity index (χ0n) is 13.6. The maximum Gasteiger partial charge on any atom is 0.141 e. The number of rotatable bonds is 0. The fourth-order valence-electron chi connectivity index (χ4n) is 3.35. The first-order valence-corrected chi connectivity index (χ1v) is 8.06. The topological polar surface area (TPSA) is 58.4 Å². The molecule has 0 saturated heterocycles. The number of hydrogen-bond acceptors (Lipinski definition) is 3. The maximum atomic E-state index is 9.79. The van der Waals surface area contributed by atoms with Gasteiger partial charge in [-0.25, -0.2) is 9.97 Å². The van der Waals surface area contributed by atoms with Crippen LogP contribution < -0.4 is 0 Å². The molecule has 5 nitrogen and oxygen atoms in total. The minimum Gasteiger partial charge on any atom is -0.285 e. The van der Waals surface area contributed by atoms with Crippen molar-refractivity contribution < 1.29 is 0 Å². The molecule has 3 heterocycles. The zero-order chi connectivity index (χ0) is 17.7. The molecule has 5 heteroatoms. The van der Waals surface area contributed by atoms with Gasteiger partial charge in [0.1, 0.15) is 28.8 Å². The Morgan fingerprint density at radius 1 is 0.769 bits per heavy atom. The van der Waals surface area contributed by atoms with Gasteiger partial charge in [-0.2, -0.15) is 5.26 Å². The van der Waals surface area contributed by atoms with Crippen LogP contribution >= 0.6 is 0 Å². The van der Waals surface area contributed by atoms with Crippen LogP contribution in [-0.2, 0) is 0 Å². The molecule has 0 fully saturated rings. The molecule has 0 aliphatic heterocycles. The number of benzene rings is 2. The van der Waals surface area contributed by atoms with E-state index in [2.05, 4.69) is 22.0 Å². The van der Waals surface area contributed by atoms with Gasteiger partial charge in [-0.3, -0.25) is 8.80 Å². The zero-order valence-corrected chi connectivity index (χ0v) is 13.6. The molecule has 0 amide bonds. The standard InChI is InChI=1S/C21H11N5/c1-2-14-11-20-23-17-8-4-6-10-19(17)26(20)15(13-22)12-21-24-16-7-3-5-9-18(16)25(14)21/h1,3-12H. The summed E-state index contributed by atoms with van der Waals surface area (Å²) in [5, 5.41) is 9.79. The minimum absolute atomic E-state index is 0.442. The summed E-state index contributed by atoms with van der Waals surface area (Å²) in [6.45, 7) is 0. The molecular weight excluding hydrogens is 322 g/mol. The molecule has 3 aromatic heterocycles. The third kappa shape index (κ3) is 1.86. The molecule has 0 aliphatic rings. The van der Waals surface area contributed by atoms with Gasteiger partial charge in [0.15, 0.2) is 0 Å². The number of imidazole rings is 2. The Morgan fingerprint density at radius 3 is 1.81 bits per heavy atom. The second-order valence-electron chi connectivity index (χ2n) is 5.90. The molecule has 0 saturated carbocycles. The summed E-state index contributed by atoms with van der Waals surface area (Å²) >= 11 is 0. The van der Waals surface area contributed by atoms with E-state index >= 15 is 0 Å². The SMILES string of the molecule is C#Cc1cc2nc3ccccc3n2c(C#N)cc2nc3ccccc3n12. The van der Waals surface area contributed by atoms with Crippen molar-refractivity contribution in [1.29, 1.82) is 5.26 Å². The van der Waals surface area contributed by atoms with Crippen LogP contribution in [0.1, 0.15) is 11.4 Å². The average Bonchev–Trinajstić information content (AvgIpc) is 3.20. The molecule has 5 aromatic rings. The Kier molecular flexibility index (Phi) is 2.86. The largest absolute Gasteiger partial charge is 0.285 e. The number of para-hydroxylation sites is 4. The van der Waals surface area contributed by atoms with Gasteiger partial charge in [-0.1, -0.05) is 30.2 Å². The van der Waals surface area contributed by atoms with Gasteiger partial charge in [0, 0.05) is 12.1 Å². The van der Waals surface area contributed by atoms with E-state index in [0.717, 1.165) is 22.1 Å². The highest BCUT2D eigenvalue weighted by atomic mass is 15.1. The Labute approximate surface area is 148 Å². The maximum absolute atomic E-state index is 9.79. The summed E-state index contributed by atoms with van der Waals surface area (Å²) in [4.78, 5) is 9.31. The van der Waals surface area contributed by atoms with Gasteiger partial charge >= 0.3 is 0 Å².